The van der Waals surface area contributed by atoms with Crippen LogP contribution in [-0.2, 0) is 0 Å². The molecule has 0 bridgehead atoms. The molecule has 6 heteroatoms. The molecule has 1 aromatic carbocycles. The van der Waals surface area contributed by atoms with Gasteiger partial charge in [-0.25, -0.2) is 9.78 Å². The van der Waals surface area contributed by atoms with Gasteiger partial charge >= 0.3 is 5.69 Å². The third-order valence-electron chi connectivity index (χ3n) is 3.74. The molecule has 20 heavy (non-hydrogen) atoms. The molecule has 1 atom stereocenters. The van der Waals surface area contributed by atoms with Gasteiger partial charge in [-0.2, -0.15) is 0 Å². The molecule has 1 aliphatic heterocycles. The zero-order valence-electron chi connectivity index (χ0n) is 10.8. The van der Waals surface area contributed by atoms with E-state index in [2.05, 4.69) is 20.7 Å². The lowest BCUT2D eigenvalue weighted by Crippen LogP contribution is -2.07. The number of aromatic nitrogens is 3. The summed E-state index contributed by atoms with van der Waals surface area (Å²) in [5.41, 5.74) is 3.51. The van der Waals surface area contributed by atoms with E-state index in [-0.39, 0.29) is 5.69 Å². The molecule has 0 amide bonds. The van der Waals surface area contributed by atoms with Crippen molar-refractivity contribution in [2.45, 2.75) is 12.3 Å². The van der Waals surface area contributed by atoms with Crippen LogP contribution in [0.15, 0.2) is 28.4 Å². The van der Waals surface area contributed by atoms with Gasteiger partial charge < -0.3 is 15.3 Å². The monoisotopic (exact) mass is 286 g/mol. The minimum Gasteiger partial charge on any atom is -0.316 e. The molecule has 0 aliphatic carbocycles. The van der Waals surface area contributed by atoms with Gasteiger partial charge in [-0.05, 0) is 25.1 Å². The number of fused-ring (bicyclic) bond motifs is 1. The maximum Gasteiger partial charge on any atom is 0.323 e. The van der Waals surface area contributed by atoms with E-state index in [0.29, 0.717) is 5.92 Å². The molecule has 1 aliphatic rings. The Morgan fingerprint density at radius 1 is 1.25 bits per heavy atom. The number of hydrogen-bond donors (Lipinski definition) is 3. The van der Waals surface area contributed by atoms with Crippen molar-refractivity contribution in [1.82, 2.24) is 20.3 Å². The molecule has 0 spiro atoms. The van der Waals surface area contributed by atoms with E-state index in [0.717, 1.165) is 41.8 Å². The summed E-state index contributed by atoms with van der Waals surface area (Å²) in [7, 11) is 0. The molecule has 102 valence electrons. The Labute approximate surface area is 119 Å². The van der Waals surface area contributed by atoms with Crippen LogP contribution in [0.5, 0.6) is 0 Å². The van der Waals surface area contributed by atoms with Crippen LogP contribution < -0.4 is 11.0 Å². The first-order valence-corrected chi connectivity index (χ1v) is 7.56. The number of H-pyrrole nitrogens is 2. The second kappa shape index (κ2) is 4.57. The molecule has 1 fully saturated rings. The summed E-state index contributed by atoms with van der Waals surface area (Å²) < 4.78 is 0. The van der Waals surface area contributed by atoms with Crippen molar-refractivity contribution in [2.24, 2.45) is 0 Å². The summed E-state index contributed by atoms with van der Waals surface area (Å²) in [4.78, 5) is 21.6. The Morgan fingerprint density at radius 3 is 3.00 bits per heavy atom. The average molecular weight is 286 g/mol. The summed E-state index contributed by atoms with van der Waals surface area (Å²) in [6.45, 7) is 2.10. The van der Waals surface area contributed by atoms with E-state index >= 15 is 0 Å². The van der Waals surface area contributed by atoms with Gasteiger partial charge in [0.2, 0.25) is 0 Å². The fourth-order valence-electron chi connectivity index (χ4n) is 2.67. The Kier molecular flexibility index (Phi) is 2.71. The molecular weight excluding hydrogens is 272 g/mol. The second-order valence-corrected chi connectivity index (χ2v) is 5.99. The quantitative estimate of drug-likeness (QED) is 0.675. The molecule has 5 nitrogen and oxygen atoms in total. The molecule has 3 N–H and O–H groups in total. The van der Waals surface area contributed by atoms with Gasteiger partial charge in [-0.3, -0.25) is 0 Å². The predicted octanol–water partition coefficient (Wildman–Crippen LogP) is 2.06. The Hall–Kier alpha value is -1.92. The summed E-state index contributed by atoms with van der Waals surface area (Å²) in [5, 5.41) is 6.67. The number of thiazole rings is 1. The van der Waals surface area contributed by atoms with E-state index < -0.39 is 0 Å². The number of imidazole rings is 1. The van der Waals surface area contributed by atoms with Crippen molar-refractivity contribution in [1.29, 1.82) is 0 Å². The highest BCUT2D eigenvalue weighted by molar-refractivity contribution is 7.10. The number of nitrogens with one attached hydrogen (secondary N) is 3. The summed E-state index contributed by atoms with van der Waals surface area (Å²) >= 11 is 1.72. The van der Waals surface area contributed by atoms with Crippen LogP contribution in [0.2, 0.25) is 0 Å². The van der Waals surface area contributed by atoms with Gasteiger partial charge in [0.15, 0.2) is 0 Å². The first kappa shape index (κ1) is 11.9. The van der Waals surface area contributed by atoms with Crippen molar-refractivity contribution in [3.8, 4) is 11.3 Å². The number of hydrogen-bond acceptors (Lipinski definition) is 4. The minimum atomic E-state index is -0.173. The van der Waals surface area contributed by atoms with E-state index in [1.165, 1.54) is 5.01 Å². The van der Waals surface area contributed by atoms with Crippen molar-refractivity contribution in [3.05, 3.63) is 39.1 Å². The summed E-state index contributed by atoms with van der Waals surface area (Å²) in [6.07, 6.45) is 1.16. The lowest BCUT2D eigenvalue weighted by molar-refractivity contribution is 0.756. The summed E-state index contributed by atoms with van der Waals surface area (Å²) in [5.74, 6) is 0.546. The highest BCUT2D eigenvalue weighted by Gasteiger charge is 2.20. The Morgan fingerprint density at radius 2 is 2.15 bits per heavy atom. The largest absolute Gasteiger partial charge is 0.323 e. The number of rotatable bonds is 2. The second-order valence-electron chi connectivity index (χ2n) is 5.10. The van der Waals surface area contributed by atoms with Crippen LogP contribution in [0.3, 0.4) is 0 Å². The molecule has 2 aromatic heterocycles. The number of benzene rings is 1. The van der Waals surface area contributed by atoms with Gasteiger partial charge in [0, 0.05) is 23.4 Å². The Balaban J connectivity index is 1.72. The maximum atomic E-state index is 11.3. The minimum absolute atomic E-state index is 0.173. The third kappa shape index (κ3) is 1.97. The molecular formula is C14H14N4OS. The van der Waals surface area contributed by atoms with Gasteiger partial charge in [0.25, 0.3) is 0 Å². The van der Waals surface area contributed by atoms with Gasteiger partial charge in [-0.15, -0.1) is 11.3 Å². The van der Waals surface area contributed by atoms with Crippen LogP contribution in [-0.4, -0.2) is 28.0 Å². The first-order chi connectivity index (χ1) is 9.79. The number of nitrogens with zero attached hydrogens (tertiary/aromatic N) is 1. The fourth-order valence-corrected chi connectivity index (χ4v) is 3.63. The van der Waals surface area contributed by atoms with E-state index in [1.54, 1.807) is 11.3 Å². The zero-order chi connectivity index (χ0) is 13.5. The van der Waals surface area contributed by atoms with Gasteiger partial charge in [0.05, 0.1) is 21.7 Å². The molecule has 0 saturated carbocycles. The lowest BCUT2D eigenvalue weighted by Gasteiger charge is -2.02. The average Bonchev–Trinajstić information content (AvgIpc) is 3.17. The lowest BCUT2D eigenvalue weighted by atomic mass is 10.1. The fraction of sp³-hybridized carbons (Fsp3) is 0.286. The van der Waals surface area contributed by atoms with Crippen molar-refractivity contribution in [2.75, 3.05) is 13.1 Å². The normalized spacial score (nSPS) is 18.9. The smallest absolute Gasteiger partial charge is 0.316 e. The zero-order valence-corrected chi connectivity index (χ0v) is 11.6. The van der Waals surface area contributed by atoms with Crippen LogP contribution in [0.4, 0.5) is 0 Å². The Bertz CT molecular complexity index is 810. The van der Waals surface area contributed by atoms with Crippen molar-refractivity contribution >= 4 is 22.4 Å². The topological polar surface area (TPSA) is 73.6 Å². The molecule has 1 saturated heterocycles. The molecule has 0 radical (unpaired) electrons. The molecule has 3 aromatic rings. The highest BCUT2D eigenvalue weighted by Crippen LogP contribution is 2.30. The number of aromatic amines is 2. The highest BCUT2D eigenvalue weighted by atomic mass is 32.1. The van der Waals surface area contributed by atoms with Crippen LogP contribution in [0.1, 0.15) is 17.3 Å². The maximum absolute atomic E-state index is 11.3. The van der Waals surface area contributed by atoms with E-state index in [1.807, 2.05) is 18.2 Å². The summed E-state index contributed by atoms with van der Waals surface area (Å²) in [6, 6.07) is 5.88. The molecule has 4 rings (SSSR count). The molecule has 1 unspecified atom stereocenters. The van der Waals surface area contributed by atoms with Gasteiger partial charge in [-0.1, -0.05) is 6.07 Å². The van der Waals surface area contributed by atoms with Crippen molar-refractivity contribution < 1.29 is 0 Å². The van der Waals surface area contributed by atoms with E-state index in [4.69, 9.17) is 4.98 Å². The predicted molar refractivity (Wildman–Crippen MR) is 80.3 cm³/mol. The van der Waals surface area contributed by atoms with Crippen LogP contribution in [0.25, 0.3) is 22.3 Å². The van der Waals surface area contributed by atoms with Crippen LogP contribution >= 0.6 is 11.3 Å². The third-order valence-corrected chi connectivity index (χ3v) is 4.75. The van der Waals surface area contributed by atoms with Crippen molar-refractivity contribution in [3.63, 3.8) is 0 Å². The SMILES string of the molecule is O=c1[nH]c2ccc(-c3csc(C4CCNC4)n3)cc2[nH]1. The molecule has 3 heterocycles. The van der Waals surface area contributed by atoms with Crippen LogP contribution in [0, 0.1) is 0 Å². The van der Waals surface area contributed by atoms with Gasteiger partial charge in [0.1, 0.15) is 0 Å². The standard InChI is InChI=1S/C14H14N4OS/c19-14-17-10-2-1-8(5-11(10)18-14)12-7-20-13(16-12)9-3-4-15-6-9/h1-2,5,7,9,15H,3-4,6H2,(H2,17,18,19). The van der Waals surface area contributed by atoms with E-state index in [9.17, 15) is 4.79 Å². The first-order valence-electron chi connectivity index (χ1n) is 6.68.